The van der Waals surface area contributed by atoms with E-state index in [2.05, 4.69) is 28.6 Å². The molecule has 0 aliphatic heterocycles. The number of hydrogen-bond donors (Lipinski definition) is 1. The highest BCUT2D eigenvalue weighted by Gasteiger charge is 2.43. The number of anilines is 1. The number of benzene rings is 1. The summed E-state index contributed by atoms with van der Waals surface area (Å²) in [4.78, 5) is 4.62. The Kier molecular flexibility index (Phi) is 3.05. The van der Waals surface area contributed by atoms with Crippen LogP contribution in [0.2, 0.25) is 0 Å². The van der Waals surface area contributed by atoms with Gasteiger partial charge in [-0.05, 0) is 56.1 Å². The van der Waals surface area contributed by atoms with E-state index in [-0.39, 0.29) is 0 Å². The molecule has 0 spiro atoms. The predicted molar refractivity (Wildman–Crippen MR) is 84.4 cm³/mol. The SMILES string of the molecule is CCCOc1cccc2c1nc(N)n2C(C1CC1)C1CC1. The lowest BCUT2D eigenvalue weighted by Crippen LogP contribution is -2.15. The number of hydrogen-bond acceptors (Lipinski definition) is 3. The van der Waals surface area contributed by atoms with Gasteiger partial charge in [-0.2, -0.15) is 0 Å². The van der Waals surface area contributed by atoms with E-state index in [0.717, 1.165) is 41.6 Å². The van der Waals surface area contributed by atoms with E-state index in [9.17, 15) is 0 Å². The lowest BCUT2D eigenvalue weighted by molar-refractivity contribution is 0.320. The molecule has 4 heteroatoms. The molecule has 0 amide bonds. The molecule has 0 bridgehead atoms. The molecule has 21 heavy (non-hydrogen) atoms. The lowest BCUT2D eigenvalue weighted by Gasteiger charge is -2.20. The first kappa shape index (κ1) is 13.0. The van der Waals surface area contributed by atoms with Crippen LogP contribution in [0.5, 0.6) is 5.75 Å². The number of ether oxygens (including phenoxy) is 1. The van der Waals surface area contributed by atoms with Crippen LogP contribution >= 0.6 is 0 Å². The lowest BCUT2D eigenvalue weighted by atomic mass is 10.1. The highest BCUT2D eigenvalue weighted by Crippen LogP contribution is 2.53. The predicted octanol–water partition coefficient (Wildman–Crippen LogP) is 3.77. The van der Waals surface area contributed by atoms with Crippen LogP contribution in [0.3, 0.4) is 0 Å². The molecule has 0 unspecified atom stereocenters. The highest BCUT2D eigenvalue weighted by molar-refractivity contribution is 5.84. The van der Waals surface area contributed by atoms with Crippen molar-refractivity contribution in [1.82, 2.24) is 9.55 Å². The van der Waals surface area contributed by atoms with Crippen LogP contribution in [0.15, 0.2) is 18.2 Å². The zero-order valence-electron chi connectivity index (χ0n) is 12.6. The van der Waals surface area contributed by atoms with E-state index in [1.54, 1.807) is 0 Å². The Morgan fingerprint density at radius 2 is 2.00 bits per heavy atom. The Bertz CT molecular complexity index is 643. The molecule has 0 saturated heterocycles. The summed E-state index contributed by atoms with van der Waals surface area (Å²) < 4.78 is 8.13. The zero-order chi connectivity index (χ0) is 14.4. The number of nitrogen functional groups attached to an aromatic ring is 1. The fourth-order valence-corrected chi connectivity index (χ4v) is 3.43. The van der Waals surface area contributed by atoms with E-state index in [1.807, 2.05) is 6.07 Å². The molecule has 4 nitrogen and oxygen atoms in total. The Morgan fingerprint density at radius 1 is 1.29 bits per heavy atom. The maximum absolute atomic E-state index is 6.28. The number of rotatable bonds is 6. The molecule has 0 atom stereocenters. The maximum atomic E-state index is 6.28. The third-order valence-electron chi connectivity index (χ3n) is 4.68. The topological polar surface area (TPSA) is 53.1 Å². The molecule has 2 aliphatic carbocycles. The average Bonchev–Trinajstić information content (AvgIpc) is 3.37. The van der Waals surface area contributed by atoms with Crippen molar-refractivity contribution in [1.29, 1.82) is 0 Å². The van der Waals surface area contributed by atoms with Crippen LogP contribution in [0.4, 0.5) is 5.95 Å². The van der Waals surface area contributed by atoms with Gasteiger partial charge < -0.3 is 15.0 Å². The molecule has 112 valence electrons. The van der Waals surface area contributed by atoms with Crippen molar-refractivity contribution >= 4 is 17.0 Å². The molecular weight excluding hydrogens is 262 g/mol. The van der Waals surface area contributed by atoms with E-state index < -0.39 is 0 Å². The Labute approximate surface area is 125 Å². The zero-order valence-corrected chi connectivity index (χ0v) is 12.6. The number of para-hydroxylation sites is 1. The molecule has 2 saturated carbocycles. The monoisotopic (exact) mass is 285 g/mol. The second-order valence-electron chi connectivity index (χ2n) is 6.48. The third-order valence-corrected chi connectivity index (χ3v) is 4.68. The summed E-state index contributed by atoms with van der Waals surface area (Å²) in [6, 6.07) is 6.74. The van der Waals surface area contributed by atoms with Crippen molar-refractivity contribution < 1.29 is 4.74 Å². The minimum absolute atomic E-state index is 0.552. The van der Waals surface area contributed by atoms with Crippen LogP contribution in [0.1, 0.15) is 45.1 Å². The molecule has 4 rings (SSSR count). The second-order valence-corrected chi connectivity index (χ2v) is 6.48. The summed E-state index contributed by atoms with van der Waals surface area (Å²) in [5, 5.41) is 0. The standard InChI is InChI=1S/C17H23N3O/c1-2-10-21-14-5-3-4-13-15(14)19-17(18)20(13)16(11-6-7-11)12-8-9-12/h3-5,11-12,16H,2,6-10H2,1H3,(H2,18,19). The molecule has 1 heterocycles. The van der Waals surface area contributed by atoms with Gasteiger partial charge in [0.05, 0.1) is 12.1 Å². The Hall–Kier alpha value is -1.71. The molecule has 2 aromatic rings. The van der Waals surface area contributed by atoms with Crippen molar-refractivity contribution in [2.24, 2.45) is 11.8 Å². The van der Waals surface area contributed by atoms with E-state index in [0.29, 0.717) is 12.0 Å². The Balaban J connectivity index is 1.79. The molecular formula is C17H23N3O. The molecule has 2 fully saturated rings. The van der Waals surface area contributed by atoms with Crippen molar-refractivity contribution in [2.75, 3.05) is 12.3 Å². The Morgan fingerprint density at radius 3 is 2.62 bits per heavy atom. The summed E-state index contributed by atoms with van der Waals surface area (Å²) in [6.45, 7) is 2.84. The number of aromatic nitrogens is 2. The normalized spacial score (nSPS) is 18.6. The van der Waals surface area contributed by atoms with Gasteiger partial charge in [-0.15, -0.1) is 0 Å². The van der Waals surface area contributed by atoms with Gasteiger partial charge >= 0.3 is 0 Å². The van der Waals surface area contributed by atoms with Crippen molar-refractivity contribution in [2.45, 2.75) is 45.1 Å². The van der Waals surface area contributed by atoms with Gasteiger partial charge in [0.2, 0.25) is 5.95 Å². The van der Waals surface area contributed by atoms with Crippen LogP contribution in [-0.4, -0.2) is 16.2 Å². The minimum Gasteiger partial charge on any atom is -0.491 e. The maximum Gasteiger partial charge on any atom is 0.201 e. The third kappa shape index (κ3) is 2.27. The molecule has 2 aliphatic rings. The molecule has 2 N–H and O–H groups in total. The molecule has 1 aromatic heterocycles. The van der Waals surface area contributed by atoms with Gasteiger partial charge in [0, 0.05) is 6.04 Å². The highest BCUT2D eigenvalue weighted by atomic mass is 16.5. The van der Waals surface area contributed by atoms with Gasteiger partial charge in [-0.3, -0.25) is 0 Å². The van der Waals surface area contributed by atoms with Crippen molar-refractivity contribution in [3.63, 3.8) is 0 Å². The minimum atomic E-state index is 0.552. The average molecular weight is 285 g/mol. The fourth-order valence-electron chi connectivity index (χ4n) is 3.43. The van der Waals surface area contributed by atoms with E-state index in [1.165, 1.54) is 25.7 Å². The number of nitrogens with two attached hydrogens (primary N) is 1. The number of nitrogens with zero attached hydrogens (tertiary/aromatic N) is 2. The van der Waals surface area contributed by atoms with Gasteiger partial charge in [0.15, 0.2) is 0 Å². The van der Waals surface area contributed by atoms with Crippen molar-refractivity contribution in [3.05, 3.63) is 18.2 Å². The van der Waals surface area contributed by atoms with Gasteiger partial charge in [0.25, 0.3) is 0 Å². The fraction of sp³-hybridized carbons (Fsp3) is 0.588. The summed E-state index contributed by atoms with van der Waals surface area (Å²) in [5.74, 6) is 3.13. The van der Waals surface area contributed by atoms with Gasteiger partial charge in [-0.25, -0.2) is 4.98 Å². The van der Waals surface area contributed by atoms with Crippen LogP contribution in [0, 0.1) is 11.8 Å². The first-order valence-corrected chi connectivity index (χ1v) is 8.18. The van der Waals surface area contributed by atoms with Crippen LogP contribution in [-0.2, 0) is 0 Å². The summed E-state index contributed by atoms with van der Waals surface area (Å²) in [6.07, 6.45) is 6.36. The summed E-state index contributed by atoms with van der Waals surface area (Å²) in [7, 11) is 0. The molecule has 1 aromatic carbocycles. The van der Waals surface area contributed by atoms with Gasteiger partial charge in [-0.1, -0.05) is 13.0 Å². The van der Waals surface area contributed by atoms with Gasteiger partial charge in [0.1, 0.15) is 11.3 Å². The summed E-state index contributed by atoms with van der Waals surface area (Å²) >= 11 is 0. The van der Waals surface area contributed by atoms with E-state index >= 15 is 0 Å². The smallest absolute Gasteiger partial charge is 0.201 e. The largest absolute Gasteiger partial charge is 0.491 e. The quantitative estimate of drug-likeness (QED) is 0.879. The first-order chi connectivity index (χ1) is 10.3. The number of fused-ring (bicyclic) bond motifs is 1. The second kappa shape index (κ2) is 4.93. The van der Waals surface area contributed by atoms with E-state index in [4.69, 9.17) is 10.5 Å². The molecule has 0 radical (unpaired) electrons. The summed E-state index contributed by atoms with van der Waals surface area (Å²) in [5.41, 5.74) is 8.35. The first-order valence-electron chi connectivity index (χ1n) is 8.18. The van der Waals surface area contributed by atoms with Crippen molar-refractivity contribution in [3.8, 4) is 5.75 Å². The number of imidazole rings is 1. The van der Waals surface area contributed by atoms with Crippen LogP contribution in [0.25, 0.3) is 11.0 Å². The van der Waals surface area contributed by atoms with Crippen LogP contribution < -0.4 is 10.5 Å².